The smallest absolute Gasteiger partial charge is 0.135 e. The summed E-state index contributed by atoms with van der Waals surface area (Å²) >= 11 is 0. The number of furan rings is 1. The van der Waals surface area contributed by atoms with Gasteiger partial charge in [-0.3, -0.25) is 0 Å². The molecule has 1 aromatic heterocycles. The zero-order chi connectivity index (χ0) is 14.1. The molecule has 3 aromatic rings. The lowest BCUT2D eigenvalue weighted by atomic mass is 9.94. The van der Waals surface area contributed by atoms with E-state index in [4.69, 9.17) is 4.42 Å². The Hall–Kier alpha value is -2.22. The summed E-state index contributed by atoms with van der Waals surface area (Å²) in [6.45, 7) is 1.05. The van der Waals surface area contributed by atoms with Gasteiger partial charge in [0.2, 0.25) is 0 Å². The standard InChI is InChI=1S/C19H19NO/c1-2-6-14(7-3-1)13-20-15-10-11-19-17(12-15)16-8-4-5-9-18(16)21-19/h1-2,4-5,8-12,14,20H,3,6-7,13H2. The van der Waals surface area contributed by atoms with Gasteiger partial charge in [0, 0.05) is 23.0 Å². The monoisotopic (exact) mass is 277 g/mol. The number of nitrogens with one attached hydrogen (secondary N) is 1. The highest BCUT2D eigenvalue weighted by atomic mass is 16.3. The van der Waals surface area contributed by atoms with Gasteiger partial charge in [-0.05, 0) is 49.4 Å². The van der Waals surface area contributed by atoms with Crippen LogP contribution < -0.4 is 5.32 Å². The molecule has 2 aromatic carbocycles. The molecular weight excluding hydrogens is 258 g/mol. The van der Waals surface area contributed by atoms with Crippen molar-refractivity contribution < 1.29 is 4.42 Å². The second kappa shape index (κ2) is 5.28. The molecule has 0 saturated heterocycles. The zero-order valence-electron chi connectivity index (χ0n) is 12.0. The Morgan fingerprint density at radius 3 is 2.81 bits per heavy atom. The molecule has 2 heteroatoms. The summed E-state index contributed by atoms with van der Waals surface area (Å²) in [6.07, 6.45) is 8.31. The minimum absolute atomic E-state index is 0.756. The number of benzene rings is 2. The van der Waals surface area contributed by atoms with Gasteiger partial charge in [-0.1, -0.05) is 30.4 Å². The van der Waals surface area contributed by atoms with Crippen molar-refractivity contribution >= 4 is 27.6 Å². The van der Waals surface area contributed by atoms with Gasteiger partial charge in [-0.15, -0.1) is 0 Å². The Balaban J connectivity index is 1.60. The molecule has 0 spiro atoms. The minimum atomic E-state index is 0.756. The SMILES string of the molecule is C1=CCC(CNc2ccc3oc4ccccc4c3c2)CC1. The number of fused-ring (bicyclic) bond motifs is 3. The predicted octanol–water partition coefficient (Wildman–Crippen LogP) is 5.35. The van der Waals surface area contributed by atoms with E-state index in [0.29, 0.717) is 0 Å². The third-order valence-corrected chi connectivity index (χ3v) is 4.35. The molecule has 1 atom stereocenters. The topological polar surface area (TPSA) is 25.2 Å². The van der Waals surface area contributed by atoms with Crippen LogP contribution in [-0.2, 0) is 0 Å². The number of allylic oxidation sites excluding steroid dienone is 2. The van der Waals surface area contributed by atoms with E-state index in [9.17, 15) is 0 Å². The Kier molecular flexibility index (Phi) is 3.15. The average Bonchev–Trinajstić information content (AvgIpc) is 2.92. The molecule has 1 unspecified atom stereocenters. The van der Waals surface area contributed by atoms with Gasteiger partial charge in [0.05, 0.1) is 0 Å². The maximum Gasteiger partial charge on any atom is 0.135 e. The first-order chi connectivity index (χ1) is 10.4. The molecular formula is C19H19NO. The first-order valence-electron chi connectivity index (χ1n) is 7.70. The second-order valence-electron chi connectivity index (χ2n) is 5.84. The zero-order valence-corrected chi connectivity index (χ0v) is 12.0. The van der Waals surface area contributed by atoms with Gasteiger partial charge in [0.1, 0.15) is 11.2 Å². The lowest BCUT2D eigenvalue weighted by Crippen LogP contribution is -2.15. The molecule has 1 aliphatic rings. The van der Waals surface area contributed by atoms with Crippen LogP contribution >= 0.6 is 0 Å². The Labute approximate surface area is 124 Å². The fraction of sp³-hybridized carbons (Fsp3) is 0.263. The van der Waals surface area contributed by atoms with Crippen LogP contribution in [-0.4, -0.2) is 6.54 Å². The maximum absolute atomic E-state index is 5.86. The van der Waals surface area contributed by atoms with Crippen molar-refractivity contribution in [2.75, 3.05) is 11.9 Å². The summed E-state index contributed by atoms with van der Waals surface area (Å²) in [5, 5.41) is 5.97. The van der Waals surface area contributed by atoms with Crippen LogP contribution in [0.2, 0.25) is 0 Å². The molecule has 4 rings (SSSR count). The molecule has 0 fully saturated rings. The van der Waals surface area contributed by atoms with Crippen LogP contribution in [0.5, 0.6) is 0 Å². The van der Waals surface area contributed by atoms with E-state index >= 15 is 0 Å². The molecule has 0 aliphatic heterocycles. The highest BCUT2D eigenvalue weighted by molar-refractivity contribution is 6.05. The maximum atomic E-state index is 5.86. The van der Waals surface area contributed by atoms with Crippen molar-refractivity contribution in [1.29, 1.82) is 0 Å². The Morgan fingerprint density at radius 1 is 1.00 bits per heavy atom. The molecule has 0 saturated carbocycles. The van der Waals surface area contributed by atoms with Crippen LogP contribution in [0, 0.1) is 5.92 Å². The third kappa shape index (κ3) is 2.42. The number of rotatable bonds is 3. The second-order valence-corrected chi connectivity index (χ2v) is 5.84. The van der Waals surface area contributed by atoms with Crippen molar-refractivity contribution in [3.05, 3.63) is 54.6 Å². The van der Waals surface area contributed by atoms with Crippen molar-refractivity contribution in [1.82, 2.24) is 0 Å². The molecule has 2 nitrogen and oxygen atoms in total. The van der Waals surface area contributed by atoms with E-state index in [1.165, 1.54) is 35.7 Å². The summed E-state index contributed by atoms with van der Waals surface area (Å²) in [4.78, 5) is 0. The van der Waals surface area contributed by atoms with E-state index < -0.39 is 0 Å². The van der Waals surface area contributed by atoms with Gasteiger partial charge in [-0.2, -0.15) is 0 Å². The quantitative estimate of drug-likeness (QED) is 0.652. The van der Waals surface area contributed by atoms with Gasteiger partial charge in [0.25, 0.3) is 0 Å². The fourth-order valence-corrected chi connectivity index (χ4v) is 3.14. The van der Waals surface area contributed by atoms with Crippen LogP contribution in [0.4, 0.5) is 5.69 Å². The van der Waals surface area contributed by atoms with Crippen molar-refractivity contribution in [2.45, 2.75) is 19.3 Å². The molecule has 0 bridgehead atoms. The van der Waals surface area contributed by atoms with E-state index in [1.54, 1.807) is 0 Å². The van der Waals surface area contributed by atoms with Gasteiger partial charge < -0.3 is 9.73 Å². The Morgan fingerprint density at radius 2 is 1.90 bits per heavy atom. The number of anilines is 1. The molecule has 1 heterocycles. The van der Waals surface area contributed by atoms with Gasteiger partial charge >= 0.3 is 0 Å². The number of hydrogen-bond donors (Lipinski definition) is 1. The molecule has 0 radical (unpaired) electrons. The minimum Gasteiger partial charge on any atom is -0.456 e. The molecule has 1 N–H and O–H groups in total. The fourth-order valence-electron chi connectivity index (χ4n) is 3.14. The highest BCUT2D eigenvalue weighted by Gasteiger charge is 2.10. The van der Waals surface area contributed by atoms with Crippen LogP contribution in [0.15, 0.2) is 59.0 Å². The summed E-state index contributed by atoms with van der Waals surface area (Å²) in [5.74, 6) is 0.756. The van der Waals surface area contributed by atoms with Crippen LogP contribution in [0.1, 0.15) is 19.3 Å². The predicted molar refractivity (Wildman–Crippen MR) is 88.7 cm³/mol. The van der Waals surface area contributed by atoms with Gasteiger partial charge in [0.15, 0.2) is 0 Å². The molecule has 21 heavy (non-hydrogen) atoms. The number of hydrogen-bond acceptors (Lipinski definition) is 2. The summed E-state index contributed by atoms with van der Waals surface area (Å²) < 4.78 is 5.86. The summed E-state index contributed by atoms with van der Waals surface area (Å²) in [6, 6.07) is 14.6. The highest BCUT2D eigenvalue weighted by Crippen LogP contribution is 2.30. The van der Waals surface area contributed by atoms with E-state index in [2.05, 4.69) is 47.8 Å². The lowest BCUT2D eigenvalue weighted by molar-refractivity contribution is 0.504. The van der Waals surface area contributed by atoms with Gasteiger partial charge in [-0.25, -0.2) is 0 Å². The van der Waals surface area contributed by atoms with Crippen LogP contribution in [0.25, 0.3) is 21.9 Å². The van der Waals surface area contributed by atoms with Crippen molar-refractivity contribution in [3.8, 4) is 0 Å². The third-order valence-electron chi connectivity index (χ3n) is 4.35. The normalized spacial score (nSPS) is 18.4. The summed E-state index contributed by atoms with van der Waals surface area (Å²) in [7, 11) is 0. The largest absolute Gasteiger partial charge is 0.456 e. The van der Waals surface area contributed by atoms with Crippen molar-refractivity contribution in [2.24, 2.45) is 5.92 Å². The molecule has 106 valence electrons. The van der Waals surface area contributed by atoms with E-state index in [0.717, 1.165) is 23.6 Å². The first kappa shape index (κ1) is 12.5. The average molecular weight is 277 g/mol. The molecule has 1 aliphatic carbocycles. The lowest BCUT2D eigenvalue weighted by Gasteiger charge is -2.18. The van der Waals surface area contributed by atoms with E-state index in [1.807, 2.05) is 12.1 Å². The summed E-state index contributed by atoms with van der Waals surface area (Å²) in [5.41, 5.74) is 3.10. The molecule has 0 amide bonds. The van der Waals surface area contributed by atoms with E-state index in [-0.39, 0.29) is 0 Å². The van der Waals surface area contributed by atoms with Crippen molar-refractivity contribution in [3.63, 3.8) is 0 Å². The van der Waals surface area contributed by atoms with Crippen LogP contribution in [0.3, 0.4) is 0 Å². The number of para-hydroxylation sites is 1. The first-order valence-corrected chi connectivity index (χ1v) is 7.70. The Bertz CT molecular complexity index is 800.